The number of nitrogens with zero attached hydrogens (tertiary/aromatic N) is 2. The van der Waals surface area contributed by atoms with Crippen molar-refractivity contribution in [1.29, 1.82) is 0 Å². The van der Waals surface area contributed by atoms with Crippen LogP contribution >= 0.6 is 0 Å². The third kappa shape index (κ3) is 2.93. The molecule has 4 nitrogen and oxygen atoms in total. The Morgan fingerprint density at radius 2 is 1.69 bits per heavy atom. The van der Waals surface area contributed by atoms with Crippen molar-refractivity contribution in [2.24, 2.45) is 0 Å². The molecule has 26 heavy (non-hydrogen) atoms. The van der Waals surface area contributed by atoms with Crippen molar-refractivity contribution in [2.45, 2.75) is 45.4 Å². The van der Waals surface area contributed by atoms with E-state index < -0.39 is 18.3 Å². The lowest BCUT2D eigenvalue weighted by Crippen LogP contribution is -2.41. The van der Waals surface area contributed by atoms with Crippen LogP contribution in [-0.4, -0.2) is 28.1 Å². The van der Waals surface area contributed by atoms with Crippen molar-refractivity contribution in [3.63, 3.8) is 0 Å². The second-order valence-electron chi connectivity index (χ2n) is 7.84. The van der Waals surface area contributed by atoms with Crippen LogP contribution in [0.2, 0.25) is 0 Å². The van der Waals surface area contributed by atoms with Crippen molar-refractivity contribution in [3.05, 3.63) is 60.0 Å². The molecule has 0 amide bonds. The fraction of sp³-hybridized carbons (Fsp3) is 0.350. The molecule has 0 radical (unpaired) electrons. The number of aromatic nitrogens is 2. The van der Waals surface area contributed by atoms with Crippen LogP contribution in [0.25, 0.3) is 10.9 Å². The van der Waals surface area contributed by atoms with Gasteiger partial charge in [0, 0.05) is 6.20 Å². The van der Waals surface area contributed by atoms with Gasteiger partial charge in [0.2, 0.25) is 0 Å². The summed E-state index contributed by atoms with van der Waals surface area (Å²) >= 11 is 0. The molecule has 0 saturated carbocycles. The number of benzene rings is 2. The second-order valence-corrected chi connectivity index (χ2v) is 7.84. The first-order valence-electron chi connectivity index (χ1n) is 8.81. The van der Waals surface area contributed by atoms with E-state index in [9.17, 15) is 4.39 Å². The highest BCUT2D eigenvalue weighted by atomic mass is 19.1. The van der Waals surface area contributed by atoms with Crippen LogP contribution in [-0.2, 0) is 15.9 Å². The Labute approximate surface area is 153 Å². The van der Waals surface area contributed by atoms with Gasteiger partial charge in [-0.2, -0.15) is 5.10 Å². The highest BCUT2D eigenvalue weighted by molar-refractivity contribution is 6.62. The fourth-order valence-corrected chi connectivity index (χ4v) is 3.12. The van der Waals surface area contributed by atoms with Crippen LogP contribution in [0.4, 0.5) is 4.39 Å². The van der Waals surface area contributed by atoms with E-state index in [2.05, 4.69) is 5.10 Å². The molecule has 1 aliphatic rings. The number of halogens is 1. The maximum atomic E-state index is 14.7. The molecule has 0 aliphatic carbocycles. The minimum atomic E-state index is -0.599. The summed E-state index contributed by atoms with van der Waals surface area (Å²) in [6, 6.07) is 13.3. The largest absolute Gasteiger partial charge is 0.495 e. The van der Waals surface area contributed by atoms with Crippen molar-refractivity contribution in [1.82, 2.24) is 9.78 Å². The summed E-state index contributed by atoms with van der Waals surface area (Å²) in [7, 11) is -0.599. The number of hydrogen-bond donors (Lipinski definition) is 0. The van der Waals surface area contributed by atoms with Gasteiger partial charge in [-0.3, -0.25) is 4.68 Å². The lowest BCUT2D eigenvalue weighted by atomic mass is 9.78. The van der Waals surface area contributed by atoms with Crippen LogP contribution in [0.15, 0.2) is 48.7 Å². The Morgan fingerprint density at radius 3 is 2.35 bits per heavy atom. The van der Waals surface area contributed by atoms with E-state index in [1.807, 2.05) is 64.1 Å². The van der Waals surface area contributed by atoms with Crippen molar-refractivity contribution < 1.29 is 13.7 Å². The van der Waals surface area contributed by atoms with E-state index in [4.69, 9.17) is 9.31 Å². The van der Waals surface area contributed by atoms with E-state index in [1.54, 1.807) is 10.9 Å². The summed E-state index contributed by atoms with van der Waals surface area (Å²) in [4.78, 5) is 0. The first kappa shape index (κ1) is 17.2. The molecule has 6 heteroatoms. The zero-order valence-electron chi connectivity index (χ0n) is 15.5. The Morgan fingerprint density at radius 1 is 1.04 bits per heavy atom. The van der Waals surface area contributed by atoms with E-state index in [0.29, 0.717) is 22.9 Å². The molecule has 0 atom stereocenters. The van der Waals surface area contributed by atoms with Crippen molar-refractivity contribution >= 4 is 23.5 Å². The van der Waals surface area contributed by atoms with Crippen LogP contribution < -0.4 is 5.46 Å². The smallest absolute Gasteiger partial charge is 0.399 e. The molecule has 4 rings (SSSR count). The Bertz CT molecular complexity index is 937. The third-order valence-corrected chi connectivity index (χ3v) is 5.36. The summed E-state index contributed by atoms with van der Waals surface area (Å²) in [6.45, 7) is 8.53. The van der Waals surface area contributed by atoms with Gasteiger partial charge in [0.25, 0.3) is 0 Å². The van der Waals surface area contributed by atoms with Gasteiger partial charge in [-0.1, -0.05) is 30.3 Å². The molecule has 1 saturated heterocycles. The van der Waals surface area contributed by atoms with Crippen LogP contribution in [0.3, 0.4) is 0 Å². The van der Waals surface area contributed by atoms with Gasteiger partial charge in [-0.05, 0) is 50.9 Å². The van der Waals surface area contributed by atoms with Crippen LogP contribution in [0.5, 0.6) is 0 Å². The normalized spacial score (nSPS) is 18.6. The molecule has 134 valence electrons. The fourth-order valence-electron chi connectivity index (χ4n) is 3.12. The monoisotopic (exact) mass is 352 g/mol. The zero-order valence-corrected chi connectivity index (χ0v) is 15.5. The minimum absolute atomic E-state index is 0.313. The molecule has 0 unspecified atom stereocenters. The number of rotatable bonds is 3. The van der Waals surface area contributed by atoms with E-state index in [-0.39, 0.29) is 5.82 Å². The summed E-state index contributed by atoms with van der Waals surface area (Å²) in [6.07, 6.45) is 1.74. The molecule has 1 fully saturated rings. The number of hydrogen-bond acceptors (Lipinski definition) is 3. The maximum Gasteiger partial charge on any atom is 0.495 e. The highest BCUT2D eigenvalue weighted by Crippen LogP contribution is 2.36. The molecule has 2 aromatic carbocycles. The summed E-state index contributed by atoms with van der Waals surface area (Å²) in [5.74, 6) is -0.313. The Balaban J connectivity index is 1.67. The quantitative estimate of drug-likeness (QED) is 0.677. The lowest BCUT2D eigenvalue weighted by Gasteiger charge is -2.32. The summed E-state index contributed by atoms with van der Waals surface area (Å²) in [5.41, 5.74) is 1.45. The molecule has 2 heterocycles. The maximum absolute atomic E-state index is 14.7. The molecule has 1 aromatic heterocycles. The molecule has 0 N–H and O–H groups in total. The van der Waals surface area contributed by atoms with E-state index >= 15 is 0 Å². The zero-order chi connectivity index (χ0) is 18.5. The van der Waals surface area contributed by atoms with Gasteiger partial charge < -0.3 is 9.31 Å². The van der Waals surface area contributed by atoms with Gasteiger partial charge in [0.05, 0.1) is 28.6 Å². The van der Waals surface area contributed by atoms with Crippen molar-refractivity contribution in [3.8, 4) is 0 Å². The summed E-state index contributed by atoms with van der Waals surface area (Å²) < 4.78 is 28.5. The minimum Gasteiger partial charge on any atom is -0.399 e. The number of fused-ring (bicyclic) bond motifs is 1. The molecule has 1 aliphatic heterocycles. The van der Waals surface area contributed by atoms with Crippen LogP contribution in [0.1, 0.15) is 33.3 Å². The third-order valence-electron chi connectivity index (χ3n) is 5.36. The molecule has 0 spiro atoms. The van der Waals surface area contributed by atoms with E-state index in [0.717, 1.165) is 5.56 Å². The molecule has 0 bridgehead atoms. The SMILES string of the molecule is CC1(C)OB(c2cc(F)c3cn(Cc4ccccc4)nc3c2)OC1(C)C. The first-order chi connectivity index (χ1) is 12.2. The van der Waals surface area contributed by atoms with Gasteiger partial charge in [0.15, 0.2) is 0 Å². The van der Waals surface area contributed by atoms with E-state index in [1.165, 1.54) is 6.07 Å². The average molecular weight is 352 g/mol. The van der Waals surface area contributed by atoms with Gasteiger partial charge in [-0.25, -0.2) is 4.39 Å². The molecular weight excluding hydrogens is 330 g/mol. The molecular formula is C20H22BFN2O2. The molecule has 3 aromatic rings. The van der Waals surface area contributed by atoms with Crippen molar-refractivity contribution in [2.75, 3.05) is 0 Å². The first-order valence-corrected chi connectivity index (χ1v) is 8.81. The average Bonchev–Trinajstić information content (AvgIpc) is 3.06. The summed E-state index contributed by atoms with van der Waals surface area (Å²) in [5, 5.41) is 5.04. The predicted molar refractivity (Wildman–Crippen MR) is 101 cm³/mol. The second kappa shape index (κ2) is 5.93. The van der Waals surface area contributed by atoms with Gasteiger partial charge in [-0.15, -0.1) is 0 Å². The lowest BCUT2D eigenvalue weighted by molar-refractivity contribution is 0.00578. The Hall–Kier alpha value is -2.18. The van der Waals surface area contributed by atoms with Crippen LogP contribution in [0, 0.1) is 5.82 Å². The highest BCUT2D eigenvalue weighted by Gasteiger charge is 2.51. The Kier molecular flexibility index (Phi) is 3.93. The predicted octanol–water partition coefficient (Wildman–Crippen LogP) is 3.52. The topological polar surface area (TPSA) is 36.3 Å². The standard InChI is InChI=1S/C20H22BFN2O2/c1-19(2)20(3,4)26-21(25-19)15-10-17(22)16-13-24(23-18(16)11-15)12-14-8-6-5-7-9-14/h5-11,13H,12H2,1-4H3. The van der Waals surface area contributed by atoms with Gasteiger partial charge in [0.1, 0.15) is 5.82 Å². The van der Waals surface area contributed by atoms with Gasteiger partial charge >= 0.3 is 7.12 Å².